The molecule has 0 saturated heterocycles. The summed E-state index contributed by atoms with van der Waals surface area (Å²) in [6, 6.07) is 0. The lowest BCUT2D eigenvalue weighted by Gasteiger charge is -1.82. The summed E-state index contributed by atoms with van der Waals surface area (Å²) in [5.74, 6) is 0.688. The highest BCUT2D eigenvalue weighted by Gasteiger charge is 2.06. The first kappa shape index (κ1) is 16.2. The van der Waals surface area contributed by atoms with Gasteiger partial charge in [0.25, 0.3) is 0 Å². The highest BCUT2D eigenvalue weighted by atomic mass is 16.9. The fourth-order valence-corrected chi connectivity index (χ4v) is 0.493. The van der Waals surface area contributed by atoms with Crippen LogP contribution in [0.25, 0.3) is 0 Å². The van der Waals surface area contributed by atoms with Crippen molar-refractivity contribution in [1.82, 2.24) is 4.98 Å². The Labute approximate surface area is 91.9 Å². The molecule has 0 saturated carbocycles. The summed E-state index contributed by atoms with van der Waals surface area (Å²) in [4.78, 5) is 25.1. The van der Waals surface area contributed by atoms with Gasteiger partial charge in [0.05, 0.1) is 10.2 Å². The van der Waals surface area contributed by atoms with E-state index in [0.29, 0.717) is 5.95 Å². The number of anilines is 3. The molecule has 0 bridgehead atoms. The van der Waals surface area contributed by atoms with Crippen LogP contribution in [0.3, 0.4) is 0 Å². The van der Waals surface area contributed by atoms with E-state index in [2.05, 4.69) is 15.0 Å². The van der Waals surface area contributed by atoms with E-state index in [1.165, 1.54) is 0 Å². The van der Waals surface area contributed by atoms with Crippen LogP contribution >= 0.6 is 0 Å². The van der Waals surface area contributed by atoms with Crippen LogP contribution in [0, 0.1) is 30.6 Å². The predicted octanol–water partition coefficient (Wildman–Crippen LogP) is -3.02. The Kier molecular flexibility index (Phi) is 7.79. The first-order chi connectivity index (χ1) is 7.65. The lowest BCUT2D eigenvalue weighted by molar-refractivity contribution is -0.489. The zero-order chi connectivity index (χ0) is 14.0. The number of aromatic amines is 2. The van der Waals surface area contributed by atoms with Crippen molar-refractivity contribution in [3.05, 3.63) is 30.6 Å². The average molecular weight is 252 g/mol. The fraction of sp³-hybridized carbons (Fsp3) is 0. The van der Waals surface area contributed by atoms with Crippen molar-refractivity contribution >= 4 is 17.8 Å². The molecule has 14 heteroatoms. The van der Waals surface area contributed by atoms with Crippen molar-refractivity contribution in [3.8, 4) is 0 Å². The van der Waals surface area contributed by atoms with Gasteiger partial charge in [-0.15, -0.1) is 0 Å². The van der Waals surface area contributed by atoms with Crippen molar-refractivity contribution in [3.63, 3.8) is 0 Å². The van der Waals surface area contributed by atoms with Gasteiger partial charge >= 0.3 is 17.8 Å². The van der Waals surface area contributed by atoms with Crippen LogP contribution in [-0.2, 0) is 0 Å². The normalized spacial score (nSPS) is 7.76. The predicted molar refractivity (Wildman–Crippen MR) is 51.3 cm³/mol. The molecule has 0 aliphatic heterocycles. The maximum atomic E-state index is 8.25. The van der Waals surface area contributed by atoms with Crippen LogP contribution in [0.15, 0.2) is 0 Å². The summed E-state index contributed by atoms with van der Waals surface area (Å²) < 4.78 is 0. The van der Waals surface area contributed by atoms with Gasteiger partial charge in [0, 0.05) is 4.98 Å². The Bertz CT molecular complexity index is 311. The SMILES string of the molecule is Nc1nc(N)[nH+]c(N)[nH+]1.O=[N+]([O-])[O-].O=[N+]([O-])[O-]. The number of nitrogen functional groups attached to an aromatic ring is 3. The molecule has 1 rings (SSSR count). The summed E-state index contributed by atoms with van der Waals surface area (Å²) in [6.45, 7) is 0. The molecule has 17 heavy (non-hydrogen) atoms. The van der Waals surface area contributed by atoms with Gasteiger partial charge in [-0.2, -0.15) is 9.97 Å². The molecular weight excluding hydrogens is 244 g/mol. The van der Waals surface area contributed by atoms with Gasteiger partial charge in [-0.05, 0) is 0 Å². The summed E-state index contributed by atoms with van der Waals surface area (Å²) in [6.07, 6.45) is 0. The monoisotopic (exact) mass is 252 g/mol. The zero-order valence-electron chi connectivity index (χ0n) is 8.02. The van der Waals surface area contributed by atoms with Crippen molar-refractivity contribution in [1.29, 1.82) is 0 Å². The minimum atomic E-state index is -1.75. The molecule has 0 aromatic carbocycles. The number of H-pyrrole nitrogens is 2. The second kappa shape index (κ2) is 8.15. The average Bonchev–Trinajstić information content (AvgIpc) is 1.96. The number of nitrogens with two attached hydrogens (primary N) is 3. The minimum absolute atomic E-state index is 0.198. The maximum absolute atomic E-state index is 8.25. The molecule has 0 aliphatic rings. The molecule has 0 radical (unpaired) electrons. The summed E-state index contributed by atoms with van der Waals surface area (Å²) in [7, 11) is 0. The van der Waals surface area contributed by atoms with Crippen molar-refractivity contribution in [2.75, 3.05) is 17.2 Å². The van der Waals surface area contributed by atoms with Crippen molar-refractivity contribution < 1.29 is 20.1 Å². The smallest absolute Gasteiger partial charge is 0.356 e. The molecule has 1 heterocycles. The van der Waals surface area contributed by atoms with E-state index < -0.39 is 10.2 Å². The molecule has 1 aromatic heterocycles. The Morgan fingerprint density at radius 2 is 1.12 bits per heavy atom. The van der Waals surface area contributed by atoms with Crippen LogP contribution in [0.5, 0.6) is 0 Å². The van der Waals surface area contributed by atoms with Gasteiger partial charge in [-0.25, -0.2) is 0 Å². The molecule has 96 valence electrons. The molecule has 0 atom stereocenters. The Morgan fingerprint density at radius 3 is 1.29 bits per heavy atom. The van der Waals surface area contributed by atoms with Crippen molar-refractivity contribution in [2.45, 2.75) is 0 Å². The molecule has 0 spiro atoms. The topological polar surface area (TPSA) is 252 Å². The molecule has 0 fully saturated rings. The molecule has 0 amide bonds. The Hall–Kier alpha value is -3.19. The second-order valence-electron chi connectivity index (χ2n) is 1.99. The van der Waals surface area contributed by atoms with Crippen LogP contribution in [0.4, 0.5) is 17.8 Å². The van der Waals surface area contributed by atoms with Gasteiger partial charge in [0.15, 0.2) is 0 Å². The number of hydrogen-bond acceptors (Lipinski definition) is 10. The Morgan fingerprint density at radius 1 is 0.882 bits per heavy atom. The van der Waals surface area contributed by atoms with Gasteiger partial charge in [0.2, 0.25) is 0 Å². The van der Waals surface area contributed by atoms with Gasteiger partial charge in [-0.3, -0.25) is 11.5 Å². The lowest BCUT2D eigenvalue weighted by atomic mass is 10.9. The third-order valence-corrected chi connectivity index (χ3v) is 0.766. The molecule has 14 nitrogen and oxygen atoms in total. The third-order valence-electron chi connectivity index (χ3n) is 0.766. The highest BCUT2D eigenvalue weighted by Crippen LogP contribution is 1.84. The molecule has 1 aromatic rings. The van der Waals surface area contributed by atoms with Crippen LogP contribution < -0.4 is 27.2 Å². The summed E-state index contributed by atoms with van der Waals surface area (Å²) >= 11 is 0. The number of hydrogen-bond donors (Lipinski definition) is 3. The second-order valence-corrected chi connectivity index (χ2v) is 1.99. The van der Waals surface area contributed by atoms with E-state index in [1.54, 1.807) is 0 Å². The van der Waals surface area contributed by atoms with Crippen LogP contribution in [0.1, 0.15) is 0 Å². The molecule has 0 unspecified atom stereocenters. The third kappa shape index (κ3) is 19.3. The zero-order valence-corrected chi connectivity index (χ0v) is 8.02. The first-order valence-electron chi connectivity index (χ1n) is 3.41. The van der Waals surface area contributed by atoms with E-state index in [9.17, 15) is 0 Å². The van der Waals surface area contributed by atoms with Crippen molar-refractivity contribution in [2.24, 2.45) is 0 Å². The van der Waals surface area contributed by atoms with E-state index in [-0.39, 0.29) is 11.9 Å². The molecule has 8 N–H and O–H groups in total. The van der Waals surface area contributed by atoms with E-state index >= 15 is 0 Å². The summed E-state index contributed by atoms with van der Waals surface area (Å²) in [5, 5.41) is 29.5. The first-order valence-corrected chi connectivity index (χ1v) is 3.41. The number of rotatable bonds is 0. The highest BCUT2D eigenvalue weighted by molar-refractivity contribution is 5.16. The number of aromatic nitrogens is 3. The van der Waals surface area contributed by atoms with Crippen LogP contribution in [0.2, 0.25) is 0 Å². The number of nitrogens with one attached hydrogen (secondary N) is 2. The van der Waals surface area contributed by atoms with E-state index in [1.807, 2.05) is 0 Å². The minimum Gasteiger partial charge on any atom is -0.356 e. The van der Waals surface area contributed by atoms with Gasteiger partial charge < -0.3 is 36.4 Å². The lowest BCUT2D eigenvalue weighted by Crippen LogP contribution is -2.30. The largest absolute Gasteiger partial charge is 0.434 e. The van der Waals surface area contributed by atoms with Gasteiger partial charge in [-0.1, -0.05) is 0 Å². The van der Waals surface area contributed by atoms with Crippen LogP contribution in [-0.4, -0.2) is 15.2 Å². The van der Waals surface area contributed by atoms with E-state index in [4.69, 9.17) is 47.8 Å². The fourth-order valence-electron chi connectivity index (χ4n) is 0.493. The number of nitrogens with zero attached hydrogens (tertiary/aromatic N) is 3. The summed E-state index contributed by atoms with van der Waals surface area (Å²) in [5.41, 5.74) is 15.7. The molecular formula is C3H8N8O6. The van der Waals surface area contributed by atoms with Gasteiger partial charge in [0.1, 0.15) is 0 Å². The Balaban J connectivity index is 0. The maximum Gasteiger partial charge on any atom is 0.434 e. The molecule has 0 aliphatic carbocycles. The standard InChI is InChI=1S/C3H6N6.2NO3/c4-1-7-2(5)9-3(6)8-1;2*2-1(3)4/h(H6,4,5,6,7,8,9);;/q;2*-1/p+2. The van der Waals surface area contributed by atoms with E-state index in [0.717, 1.165) is 0 Å². The quantitative estimate of drug-likeness (QED) is 0.310.